The van der Waals surface area contributed by atoms with Crippen LogP contribution in [0.5, 0.6) is 5.75 Å². The molecular formula is C22H22Cl2N4O2S. The Balaban J connectivity index is 1.64. The summed E-state index contributed by atoms with van der Waals surface area (Å²) in [5.41, 5.74) is 2.97. The van der Waals surface area contributed by atoms with E-state index in [4.69, 9.17) is 27.9 Å². The summed E-state index contributed by atoms with van der Waals surface area (Å²) in [7, 11) is 0. The molecule has 0 aliphatic rings. The molecule has 9 heteroatoms. The van der Waals surface area contributed by atoms with E-state index in [2.05, 4.69) is 28.2 Å². The van der Waals surface area contributed by atoms with E-state index in [0.717, 1.165) is 16.8 Å². The number of hydrogen-bond acceptors (Lipinski definition) is 5. The summed E-state index contributed by atoms with van der Waals surface area (Å²) in [6, 6.07) is 10.9. The van der Waals surface area contributed by atoms with E-state index in [0.29, 0.717) is 33.3 Å². The highest BCUT2D eigenvalue weighted by Crippen LogP contribution is 2.28. The van der Waals surface area contributed by atoms with Crippen LogP contribution in [0.1, 0.15) is 17.0 Å². The fourth-order valence-electron chi connectivity index (χ4n) is 2.95. The molecule has 162 valence electrons. The predicted molar refractivity (Wildman–Crippen MR) is 126 cm³/mol. The Morgan fingerprint density at radius 2 is 1.94 bits per heavy atom. The first-order valence-electron chi connectivity index (χ1n) is 9.47. The van der Waals surface area contributed by atoms with Gasteiger partial charge in [-0.2, -0.15) is 0 Å². The largest absolute Gasteiger partial charge is 0.484 e. The van der Waals surface area contributed by atoms with E-state index >= 15 is 0 Å². The fourth-order valence-corrected chi connectivity index (χ4v) is 4.18. The summed E-state index contributed by atoms with van der Waals surface area (Å²) >= 11 is 13.4. The van der Waals surface area contributed by atoms with Crippen LogP contribution in [0.4, 0.5) is 5.69 Å². The zero-order valence-corrected chi connectivity index (χ0v) is 19.5. The van der Waals surface area contributed by atoms with E-state index in [9.17, 15) is 4.79 Å². The molecule has 6 nitrogen and oxygen atoms in total. The van der Waals surface area contributed by atoms with Crippen LogP contribution in [0, 0.1) is 13.8 Å². The van der Waals surface area contributed by atoms with Crippen molar-refractivity contribution < 1.29 is 9.53 Å². The van der Waals surface area contributed by atoms with Crippen LogP contribution in [0.25, 0.3) is 0 Å². The molecule has 1 heterocycles. The molecule has 0 saturated carbocycles. The van der Waals surface area contributed by atoms with E-state index in [1.807, 2.05) is 30.5 Å². The standard InChI is InChI=1S/C22H22Cl2N4O2S/c1-4-7-28-20(12-30-19-6-5-16(23)11-18(19)24)26-27-22(28)31-13-21(29)25-17-9-14(2)8-15(3)10-17/h4-6,8-11H,1,7,12-13H2,2-3H3,(H,25,29). The van der Waals surface area contributed by atoms with Crippen LogP contribution in [-0.2, 0) is 17.9 Å². The van der Waals surface area contributed by atoms with Crippen molar-refractivity contribution in [1.82, 2.24) is 14.8 Å². The van der Waals surface area contributed by atoms with E-state index in [-0.39, 0.29) is 18.3 Å². The third-order valence-corrected chi connectivity index (χ3v) is 5.69. The summed E-state index contributed by atoms with van der Waals surface area (Å²) in [5.74, 6) is 1.19. The van der Waals surface area contributed by atoms with Crippen LogP contribution in [0.15, 0.2) is 54.2 Å². The lowest BCUT2D eigenvalue weighted by atomic mass is 10.1. The number of nitrogens with zero attached hydrogens (tertiary/aromatic N) is 3. The Labute approximate surface area is 195 Å². The molecule has 0 bridgehead atoms. The first-order valence-corrected chi connectivity index (χ1v) is 11.2. The zero-order valence-electron chi connectivity index (χ0n) is 17.2. The van der Waals surface area contributed by atoms with Crippen LogP contribution >= 0.6 is 35.0 Å². The van der Waals surface area contributed by atoms with Crippen molar-refractivity contribution >= 4 is 46.6 Å². The average Bonchev–Trinajstić information content (AvgIpc) is 3.07. The summed E-state index contributed by atoms with van der Waals surface area (Å²) in [6.07, 6.45) is 1.74. The molecular weight excluding hydrogens is 455 g/mol. The molecule has 1 N–H and O–H groups in total. The number of anilines is 1. The highest BCUT2D eigenvalue weighted by atomic mass is 35.5. The minimum Gasteiger partial charge on any atom is -0.484 e. The number of ether oxygens (including phenoxy) is 1. The second-order valence-electron chi connectivity index (χ2n) is 6.87. The first-order chi connectivity index (χ1) is 14.9. The van der Waals surface area contributed by atoms with Gasteiger partial charge in [0.25, 0.3) is 0 Å². The number of aryl methyl sites for hydroxylation is 2. The minimum absolute atomic E-state index is 0.117. The summed E-state index contributed by atoms with van der Waals surface area (Å²) < 4.78 is 7.62. The number of nitrogens with one attached hydrogen (secondary N) is 1. The van der Waals surface area contributed by atoms with Gasteiger partial charge in [-0.25, -0.2) is 0 Å². The van der Waals surface area contributed by atoms with Gasteiger partial charge in [0.05, 0.1) is 10.8 Å². The number of amides is 1. The van der Waals surface area contributed by atoms with Gasteiger partial charge in [0, 0.05) is 17.3 Å². The van der Waals surface area contributed by atoms with Crippen LogP contribution in [-0.4, -0.2) is 26.4 Å². The lowest BCUT2D eigenvalue weighted by Crippen LogP contribution is -2.15. The lowest BCUT2D eigenvalue weighted by molar-refractivity contribution is -0.113. The second kappa shape index (κ2) is 10.7. The number of rotatable bonds is 9. The molecule has 0 aliphatic carbocycles. The summed E-state index contributed by atoms with van der Waals surface area (Å²) in [4.78, 5) is 12.4. The topological polar surface area (TPSA) is 69.0 Å². The number of hydrogen-bond donors (Lipinski definition) is 1. The smallest absolute Gasteiger partial charge is 0.234 e. The normalized spacial score (nSPS) is 10.7. The van der Waals surface area contributed by atoms with Crippen molar-refractivity contribution in [2.75, 3.05) is 11.1 Å². The van der Waals surface area contributed by atoms with Gasteiger partial charge in [-0.3, -0.25) is 9.36 Å². The van der Waals surface area contributed by atoms with E-state index in [1.54, 1.807) is 24.3 Å². The Morgan fingerprint density at radius 3 is 2.61 bits per heavy atom. The predicted octanol–water partition coefficient (Wildman–Crippen LogP) is 5.70. The van der Waals surface area contributed by atoms with Gasteiger partial charge in [-0.15, -0.1) is 16.8 Å². The lowest BCUT2D eigenvalue weighted by Gasteiger charge is -2.10. The van der Waals surface area contributed by atoms with Gasteiger partial charge in [0.2, 0.25) is 5.91 Å². The molecule has 0 unspecified atom stereocenters. The third kappa shape index (κ3) is 6.50. The van der Waals surface area contributed by atoms with Crippen molar-refractivity contribution in [3.05, 3.63) is 76.0 Å². The number of allylic oxidation sites excluding steroid dienone is 1. The molecule has 0 fully saturated rings. The quantitative estimate of drug-likeness (QED) is 0.316. The Kier molecular flexibility index (Phi) is 8.01. The molecule has 3 aromatic rings. The maximum Gasteiger partial charge on any atom is 0.234 e. The molecule has 0 spiro atoms. The Bertz CT molecular complexity index is 1080. The maximum atomic E-state index is 12.4. The number of halogens is 2. The van der Waals surface area contributed by atoms with Gasteiger partial charge < -0.3 is 10.1 Å². The molecule has 31 heavy (non-hydrogen) atoms. The van der Waals surface area contributed by atoms with Gasteiger partial charge in [-0.1, -0.05) is 47.1 Å². The molecule has 2 aromatic carbocycles. The third-order valence-electron chi connectivity index (χ3n) is 4.19. The maximum absolute atomic E-state index is 12.4. The first kappa shape index (κ1) is 23.2. The summed E-state index contributed by atoms with van der Waals surface area (Å²) in [5, 5.41) is 12.9. The van der Waals surface area contributed by atoms with Crippen molar-refractivity contribution in [2.24, 2.45) is 0 Å². The molecule has 0 aliphatic heterocycles. The van der Waals surface area contributed by atoms with Crippen LogP contribution in [0.3, 0.4) is 0 Å². The highest BCUT2D eigenvalue weighted by molar-refractivity contribution is 7.99. The SMILES string of the molecule is C=CCn1c(COc2ccc(Cl)cc2Cl)nnc1SCC(=O)Nc1cc(C)cc(C)c1. The zero-order chi connectivity index (χ0) is 22.4. The molecule has 1 aromatic heterocycles. The molecule has 1 amide bonds. The molecule has 0 atom stereocenters. The number of carbonyl (C=O) groups excluding carboxylic acids is 1. The van der Waals surface area contributed by atoms with Gasteiger partial charge in [0.1, 0.15) is 12.4 Å². The van der Waals surface area contributed by atoms with Crippen LogP contribution in [0.2, 0.25) is 10.0 Å². The van der Waals surface area contributed by atoms with Gasteiger partial charge in [-0.05, 0) is 55.3 Å². The van der Waals surface area contributed by atoms with Crippen molar-refractivity contribution in [1.29, 1.82) is 0 Å². The van der Waals surface area contributed by atoms with Crippen molar-refractivity contribution in [3.8, 4) is 5.75 Å². The Hall–Kier alpha value is -2.48. The van der Waals surface area contributed by atoms with E-state index in [1.165, 1.54) is 11.8 Å². The van der Waals surface area contributed by atoms with Crippen molar-refractivity contribution in [3.63, 3.8) is 0 Å². The second-order valence-corrected chi connectivity index (χ2v) is 8.66. The van der Waals surface area contributed by atoms with Crippen molar-refractivity contribution in [2.45, 2.75) is 32.2 Å². The Morgan fingerprint density at radius 1 is 1.19 bits per heavy atom. The molecule has 0 radical (unpaired) electrons. The monoisotopic (exact) mass is 476 g/mol. The van der Waals surface area contributed by atoms with Crippen LogP contribution < -0.4 is 10.1 Å². The van der Waals surface area contributed by atoms with Gasteiger partial charge >= 0.3 is 0 Å². The molecule has 3 rings (SSSR count). The number of aromatic nitrogens is 3. The van der Waals surface area contributed by atoms with Gasteiger partial charge in [0.15, 0.2) is 11.0 Å². The number of benzene rings is 2. The highest BCUT2D eigenvalue weighted by Gasteiger charge is 2.15. The minimum atomic E-state index is -0.117. The fraction of sp³-hybridized carbons (Fsp3) is 0.227. The number of carbonyl (C=O) groups is 1. The number of thioether (sulfide) groups is 1. The summed E-state index contributed by atoms with van der Waals surface area (Å²) in [6.45, 7) is 8.43. The van der Waals surface area contributed by atoms with E-state index < -0.39 is 0 Å². The molecule has 0 saturated heterocycles. The average molecular weight is 477 g/mol.